The van der Waals surface area contributed by atoms with Crippen molar-refractivity contribution in [3.05, 3.63) is 18.1 Å². The summed E-state index contributed by atoms with van der Waals surface area (Å²) in [6.45, 7) is 4.76. The number of anilines is 1. The Kier molecular flexibility index (Phi) is 6.58. The molecule has 0 saturated carbocycles. The highest BCUT2D eigenvalue weighted by Crippen LogP contribution is 2.23. The molecule has 22 heavy (non-hydrogen) atoms. The summed E-state index contributed by atoms with van der Waals surface area (Å²) >= 11 is 0. The van der Waals surface area contributed by atoms with Gasteiger partial charge in [-0.05, 0) is 31.6 Å². The predicted octanol–water partition coefficient (Wildman–Crippen LogP) is 1.73. The molecule has 2 rings (SSSR count). The molecule has 1 atom stereocenters. The Morgan fingerprint density at radius 3 is 2.95 bits per heavy atom. The molecule has 1 aliphatic rings. The van der Waals surface area contributed by atoms with Crippen molar-refractivity contribution in [2.24, 2.45) is 5.92 Å². The van der Waals surface area contributed by atoms with E-state index in [2.05, 4.69) is 15.3 Å². The molecule has 0 bridgehead atoms. The molecule has 1 aromatic rings. The highest BCUT2D eigenvalue weighted by Gasteiger charge is 2.20. The second-order valence-electron chi connectivity index (χ2n) is 5.78. The first kappa shape index (κ1) is 16.7. The van der Waals surface area contributed by atoms with Crippen molar-refractivity contribution >= 4 is 11.7 Å². The third kappa shape index (κ3) is 4.94. The van der Waals surface area contributed by atoms with Crippen LogP contribution in [0.2, 0.25) is 0 Å². The number of methoxy groups -OCH3 is 1. The summed E-state index contributed by atoms with van der Waals surface area (Å²) in [5.41, 5.74) is 1.01. The predicted molar refractivity (Wildman–Crippen MR) is 85.7 cm³/mol. The molecule has 0 unspecified atom stereocenters. The summed E-state index contributed by atoms with van der Waals surface area (Å²) in [4.78, 5) is 22.3. The van der Waals surface area contributed by atoms with Crippen molar-refractivity contribution in [2.75, 3.05) is 38.7 Å². The van der Waals surface area contributed by atoms with Gasteiger partial charge in [0.1, 0.15) is 5.82 Å². The van der Waals surface area contributed by atoms with Crippen LogP contribution in [0.15, 0.2) is 12.4 Å². The van der Waals surface area contributed by atoms with Crippen molar-refractivity contribution in [1.29, 1.82) is 0 Å². The summed E-state index contributed by atoms with van der Waals surface area (Å²) < 4.78 is 5.06. The maximum atomic E-state index is 11.5. The minimum atomic E-state index is 0.182. The molecule has 1 aromatic heterocycles. The standard InChI is InChI=1S/C16H26N4O2/c1-13(21)20-9-3-4-14(5-10-20)12-15-16(18-7-6-17-15)19-8-11-22-2/h6-7,14H,3-5,8-12H2,1-2H3,(H,18,19)/t14-/m0/s1. The highest BCUT2D eigenvalue weighted by molar-refractivity contribution is 5.73. The van der Waals surface area contributed by atoms with Gasteiger partial charge in [-0.25, -0.2) is 4.98 Å². The molecule has 0 radical (unpaired) electrons. The number of carbonyl (C=O) groups excluding carboxylic acids is 1. The lowest BCUT2D eigenvalue weighted by Gasteiger charge is -2.18. The molecule has 6 heteroatoms. The van der Waals surface area contributed by atoms with Gasteiger partial charge in [-0.15, -0.1) is 0 Å². The summed E-state index contributed by atoms with van der Waals surface area (Å²) in [6, 6.07) is 0. The Hall–Kier alpha value is -1.69. The van der Waals surface area contributed by atoms with Gasteiger partial charge in [0.15, 0.2) is 0 Å². The van der Waals surface area contributed by atoms with Gasteiger partial charge in [-0.1, -0.05) is 0 Å². The van der Waals surface area contributed by atoms with E-state index in [1.165, 1.54) is 0 Å². The fraction of sp³-hybridized carbons (Fsp3) is 0.688. The number of rotatable bonds is 6. The van der Waals surface area contributed by atoms with E-state index in [0.29, 0.717) is 12.5 Å². The number of hydrogen-bond donors (Lipinski definition) is 1. The molecule has 1 amide bonds. The Morgan fingerprint density at radius 2 is 2.18 bits per heavy atom. The van der Waals surface area contributed by atoms with E-state index in [4.69, 9.17) is 4.74 Å². The molecule has 1 fully saturated rings. The van der Waals surface area contributed by atoms with E-state index in [1.807, 2.05) is 4.90 Å². The van der Waals surface area contributed by atoms with Gasteiger partial charge in [0.25, 0.3) is 0 Å². The quantitative estimate of drug-likeness (QED) is 0.811. The van der Waals surface area contributed by atoms with E-state index in [9.17, 15) is 4.79 Å². The zero-order valence-corrected chi connectivity index (χ0v) is 13.5. The molecule has 1 aliphatic heterocycles. The first-order chi connectivity index (χ1) is 10.7. The van der Waals surface area contributed by atoms with Crippen LogP contribution in [0.5, 0.6) is 0 Å². The number of ether oxygens (including phenoxy) is 1. The van der Waals surface area contributed by atoms with Crippen LogP contribution in [0.3, 0.4) is 0 Å². The number of nitrogens with one attached hydrogen (secondary N) is 1. The fourth-order valence-electron chi connectivity index (χ4n) is 2.89. The maximum Gasteiger partial charge on any atom is 0.219 e. The van der Waals surface area contributed by atoms with Crippen LogP contribution in [-0.4, -0.2) is 54.1 Å². The zero-order chi connectivity index (χ0) is 15.8. The second kappa shape index (κ2) is 8.68. The van der Waals surface area contributed by atoms with Crippen molar-refractivity contribution in [2.45, 2.75) is 32.6 Å². The molecular weight excluding hydrogens is 280 g/mol. The second-order valence-corrected chi connectivity index (χ2v) is 5.78. The molecule has 6 nitrogen and oxygen atoms in total. The van der Waals surface area contributed by atoms with Gasteiger partial charge in [-0.3, -0.25) is 9.78 Å². The summed E-state index contributed by atoms with van der Waals surface area (Å²) in [7, 11) is 1.69. The third-order valence-corrected chi connectivity index (χ3v) is 4.15. The number of carbonyl (C=O) groups is 1. The van der Waals surface area contributed by atoms with E-state index in [1.54, 1.807) is 26.4 Å². The van der Waals surface area contributed by atoms with Crippen molar-refractivity contribution in [3.63, 3.8) is 0 Å². The van der Waals surface area contributed by atoms with E-state index < -0.39 is 0 Å². The average Bonchev–Trinajstić information content (AvgIpc) is 2.75. The first-order valence-electron chi connectivity index (χ1n) is 7.99. The maximum absolute atomic E-state index is 11.5. The largest absolute Gasteiger partial charge is 0.383 e. The lowest BCUT2D eigenvalue weighted by molar-refractivity contribution is -0.128. The Bertz CT molecular complexity index is 481. The normalized spacial score (nSPS) is 18.8. The molecule has 2 heterocycles. The van der Waals surface area contributed by atoms with Gasteiger partial charge in [-0.2, -0.15) is 0 Å². The topological polar surface area (TPSA) is 67.3 Å². The number of likely N-dealkylation sites (tertiary alicyclic amines) is 1. The first-order valence-corrected chi connectivity index (χ1v) is 7.99. The Morgan fingerprint density at radius 1 is 1.36 bits per heavy atom. The number of nitrogens with zero attached hydrogens (tertiary/aromatic N) is 3. The smallest absolute Gasteiger partial charge is 0.219 e. The van der Waals surface area contributed by atoms with E-state index in [0.717, 1.165) is 56.8 Å². The molecule has 122 valence electrons. The SMILES string of the molecule is COCCNc1nccnc1C[C@H]1CCCN(C(C)=O)CC1. The average molecular weight is 306 g/mol. The molecule has 0 spiro atoms. The van der Waals surface area contributed by atoms with Crippen LogP contribution in [0.25, 0.3) is 0 Å². The minimum absolute atomic E-state index is 0.182. The van der Waals surface area contributed by atoms with Gasteiger partial charge in [0.2, 0.25) is 5.91 Å². The van der Waals surface area contributed by atoms with Crippen LogP contribution in [0.1, 0.15) is 31.9 Å². The van der Waals surface area contributed by atoms with Gasteiger partial charge < -0.3 is 15.0 Å². The van der Waals surface area contributed by atoms with Crippen LogP contribution < -0.4 is 5.32 Å². The lowest BCUT2D eigenvalue weighted by atomic mass is 9.95. The molecule has 0 aromatic carbocycles. The molecule has 1 saturated heterocycles. The van der Waals surface area contributed by atoms with Crippen LogP contribution in [0.4, 0.5) is 5.82 Å². The van der Waals surface area contributed by atoms with Gasteiger partial charge in [0, 0.05) is 46.1 Å². The Labute approximate surface area is 132 Å². The van der Waals surface area contributed by atoms with Crippen molar-refractivity contribution < 1.29 is 9.53 Å². The minimum Gasteiger partial charge on any atom is -0.383 e. The molecule has 0 aliphatic carbocycles. The number of aromatic nitrogens is 2. The summed E-state index contributed by atoms with van der Waals surface area (Å²) in [5.74, 6) is 1.60. The monoisotopic (exact) mass is 306 g/mol. The van der Waals surface area contributed by atoms with Crippen LogP contribution in [-0.2, 0) is 16.0 Å². The lowest BCUT2D eigenvalue weighted by Crippen LogP contribution is -2.29. The fourth-order valence-corrected chi connectivity index (χ4v) is 2.89. The van der Waals surface area contributed by atoms with E-state index >= 15 is 0 Å². The summed E-state index contributed by atoms with van der Waals surface area (Å²) in [6.07, 6.45) is 7.61. The van der Waals surface area contributed by atoms with E-state index in [-0.39, 0.29) is 5.91 Å². The molecular formula is C16H26N4O2. The van der Waals surface area contributed by atoms with Crippen molar-refractivity contribution in [3.8, 4) is 0 Å². The summed E-state index contributed by atoms with van der Waals surface area (Å²) in [5, 5.41) is 3.28. The van der Waals surface area contributed by atoms with Crippen LogP contribution in [0, 0.1) is 5.92 Å². The van der Waals surface area contributed by atoms with Crippen molar-refractivity contribution in [1.82, 2.24) is 14.9 Å². The Balaban J connectivity index is 1.94. The molecule has 1 N–H and O–H groups in total. The highest BCUT2D eigenvalue weighted by atomic mass is 16.5. The third-order valence-electron chi connectivity index (χ3n) is 4.15. The number of amides is 1. The van der Waals surface area contributed by atoms with Gasteiger partial charge in [0.05, 0.1) is 12.3 Å². The van der Waals surface area contributed by atoms with Gasteiger partial charge >= 0.3 is 0 Å². The van der Waals surface area contributed by atoms with Crippen LogP contribution >= 0.6 is 0 Å². The zero-order valence-electron chi connectivity index (χ0n) is 13.5. The number of hydrogen-bond acceptors (Lipinski definition) is 5.